The Kier molecular flexibility index (Phi) is 10.3. The maximum Gasteiger partial charge on any atom is 0.139 e. The Morgan fingerprint density at radius 3 is 0.915 bits per heavy atom. The average molecular weight is 1050 g/mol. The molecule has 0 aliphatic rings. The molecule has 2 heterocycles. The molecule has 0 aliphatic carbocycles. The molecule has 17 aromatic rings. The van der Waals surface area contributed by atoms with Crippen LogP contribution in [0.25, 0.3) is 131 Å². The Hall–Kier alpha value is -10.9. The smallest absolute Gasteiger partial charge is 0.139 e. The molecule has 0 radical (unpaired) electrons. The number of benzene rings is 15. The Morgan fingerprint density at radius 1 is 0.195 bits per heavy atom. The molecule has 0 bridgehead atoms. The van der Waals surface area contributed by atoms with Crippen LogP contribution in [0, 0.1) is 0 Å². The van der Waals surface area contributed by atoms with Gasteiger partial charge < -0.3 is 18.6 Å². The summed E-state index contributed by atoms with van der Waals surface area (Å²) in [6, 6.07) is 106. The number of anilines is 6. The number of nitrogens with zero attached hydrogens (tertiary/aromatic N) is 2. The molecular weight excluding hydrogens is 997 g/mol. The van der Waals surface area contributed by atoms with Gasteiger partial charge in [-0.15, -0.1) is 0 Å². The van der Waals surface area contributed by atoms with Crippen molar-refractivity contribution in [1.82, 2.24) is 0 Å². The number of para-hydroxylation sites is 2. The molecule has 4 nitrogen and oxygen atoms in total. The van der Waals surface area contributed by atoms with E-state index in [-0.39, 0.29) is 0 Å². The van der Waals surface area contributed by atoms with Gasteiger partial charge in [0.1, 0.15) is 22.3 Å². The van der Waals surface area contributed by atoms with Crippen molar-refractivity contribution in [1.29, 1.82) is 0 Å². The van der Waals surface area contributed by atoms with Gasteiger partial charge in [-0.1, -0.05) is 206 Å². The van der Waals surface area contributed by atoms with E-state index in [1.807, 2.05) is 0 Å². The minimum Gasteiger partial charge on any atom is -0.456 e. The summed E-state index contributed by atoms with van der Waals surface area (Å²) in [5.74, 6) is 0. The van der Waals surface area contributed by atoms with Gasteiger partial charge in [-0.25, -0.2) is 0 Å². The van der Waals surface area contributed by atoms with E-state index in [0.717, 1.165) is 99.5 Å². The largest absolute Gasteiger partial charge is 0.456 e. The first-order chi connectivity index (χ1) is 40.7. The van der Waals surface area contributed by atoms with Crippen molar-refractivity contribution in [3.8, 4) is 22.3 Å². The van der Waals surface area contributed by atoms with Gasteiger partial charge in [0.25, 0.3) is 0 Å². The van der Waals surface area contributed by atoms with Crippen molar-refractivity contribution in [2.24, 2.45) is 0 Å². The minimum atomic E-state index is 0.792. The van der Waals surface area contributed by atoms with Crippen LogP contribution >= 0.6 is 0 Å². The van der Waals surface area contributed by atoms with Gasteiger partial charge in [0.2, 0.25) is 0 Å². The van der Waals surface area contributed by atoms with Gasteiger partial charge in [-0.05, 0) is 144 Å². The van der Waals surface area contributed by atoms with Gasteiger partial charge in [0, 0.05) is 72.3 Å². The maximum absolute atomic E-state index is 6.84. The highest BCUT2D eigenvalue weighted by Gasteiger charge is 2.26. The lowest BCUT2D eigenvalue weighted by Crippen LogP contribution is -2.12. The standard InChI is InChI=1S/C78H48N2O2/c1-5-21-49(22-6-1)75-63-33-17-13-29-59(63)61-31-15-19-35-65(61)77(75)79(55-25-9-3-10-26-55)57-39-37-51-43-67-69-47-70-68-44-52-38-40-58(42-54(52)46-72(68)82-74(70)48-73(69)81-71(67)45-53(51)41-57)80(56-27-11-4-12-28-56)78-66-36-20-16-32-62(66)60-30-14-18-34-64(60)76(78)50-23-7-2-8-24-50/h1-48H. The van der Waals surface area contributed by atoms with Crippen LogP contribution in [0.5, 0.6) is 0 Å². The summed E-state index contributed by atoms with van der Waals surface area (Å²) in [6.07, 6.45) is 0. The second-order valence-corrected chi connectivity index (χ2v) is 21.5. The third-order valence-corrected chi connectivity index (χ3v) is 16.9. The Bertz CT molecular complexity index is 5060. The first-order valence-corrected chi connectivity index (χ1v) is 28.1. The van der Waals surface area contributed by atoms with Gasteiger partial charge in [0.15, 0.2) is 0 Å². The number of fused-ring (bicyclic) bond motifs is 14. The van der Waals surface area contributed by atoms with Gasteiger partial charge in [0.05, 0.1) is 11.4 Å². The highest BCUT2D eigenvalue weighted by atomic mass is 16.3. The van der Waals surface area contributed by atoms with Crippen LogP contribution < -0.4 is 9.80 Å². The van der Waals surface area contributed by atoms with Gasteiger partial charge in [-0.2, -0.15) is 0 Å². The molecule has 0 amide bonds. The fourth-order valence-corrected chi connectivity index (χ4v) is 13.3. The van der Waals surface area contributed by atoms with Crippen LogP contribution in [0.2, 0.25) is 0 Å². The summed E-state index contributed by atoms with van der Waals surface area (Å²) in [5.41, 5.74) is 14.5. The fourth-order valence-electron chi connectivity index (χ4n) is 13.3. The Morgan fingerprint density at radius 2 is 0.512 bits per heavy atom. The molecule has 0 unspecified atom stereocenters. The van der Waals surface area contributed by atoms with Crippen molar-refractivity contribution >= 4 is 143 Å². The van der Waals surface area contributed by atoms with Crippen molar-refractivity contribution in [3.63, 3.8) is 0 Å². The van der Waals surface area contributed by atoms with E-state index < -0.39 is 0 Å². The molecule has 382 valence electrons. The average Bonchev–Trinajstić information content (AvgIpc) is 2.35. The predicted molar refractivity (Wildman–Crippen MR) is 346 cm³/mol. The highest BCUT2D eigenvalue weighted by molar-refractivity contribution is 6.25. The summed E-state index contributed by atoms with van der Waals surface area (Å²) < 4.78 is 13.7. The van der Waals surface area contributed by atoms with E-state index in [9.17, 15) is 0 Å². The van der Waals surface area contributed by atoms with E-state index in [1.54, 1.807) is 0 Å². The zero-order valence-electron chi connectivity index (χ0n) is 44.4. The van der Waals surface area contributed by atoms with Crippen molar-refractivity contribution in [3.05, 3.63) is 291 Å². The zero-order valence-corrected chi connectivity index (χ0v) is 44.4. The fraction of sp³-hybridized carbons (Fsp3) is 0. The third-order valence-electron chi connectivity index (χ3n) is 16.9. The van der Waals surface area contributed by atoms with E-state index in [1.165, 1.54) is 65.3 Å². The van der Waals surface area contributed by atoms with E-state index in [2.05, 4.69) is 301 Å². The molecule has 0 atom stereocenters. The van der Waals surface area contributed by atoms with Crippen molar-refractivity contribution in [2.45, 2.75) is 0 Å². The molecule has 82 heavy (non-hydrogen) atoms. The van der Waals surface area contributed by atoms with E-state index in [4.69, 9.17) is 8.83 Å². The second kappa shape index (κ2) is 18.3. The van der Waals surface area contributed by atoms with Crippen LogP contribution in [0.3, 0.4) is 0 Å². The molecular formula is C78H48N2O2. The van der Waals surface area contributed by atoms with Crippen LogP contribution in [-0.2, 0) is 0 Å². The van der Waals surface area contributed by atoms with Crippen LogP contribution in [-0.4, -0.2) is 0 Å². The van der Waals surface area contributed by atoms with Crippen LogP contribution in [0.15, 0.2) is 300 Å². The predicted octanol–water partition coefficient (Wildman–Crippen LogP) is 22.7. The van der Waals surface area contributed by atoms with Gasteiger partial charge in [-0.3, -0.25) is 0 Å². The number of hydrogen-bond acceptors (Lipinski definition) is 4. The minimum absolute atomic E-state index is 0.792. The molecule has 0 saturated carbocycles. The number of hydrogen-bond donors (Lipinski definition) is 0. The Labute approximate surface area is 472 Å². The summed E-state index contributed by atoms with van der Waals surface area (Å²) in [7, 11) is 0. The molecule has 0 saturated heterocycles. The molecule has 0 aliphatic heterocycles. The topological polar surface area (TPSA) is 32.8 Å². The third kappa shape index (κ3) is 7.18. The second-order valence-electron chi connectivity index (χ2n) is 21.5. The quantitative estimate of drug-likeness (QED) is 0.142. The molecule has 17 rings (SSSR count). The molecule has 2 aromatic heterocycles. The molecule has 15 aromatic carbocycles. The highest BCUT2D eigenvalue weighted by Crippen LogP contribution is 2.52. The van der Waals surface area contributed by atoms with Crippen molar-refractivity contribution in [2.75, 3.05) is 9.80 Å². The lowest BCUT2D eigenvalue weighted by atomic mass is 9.90. The zero-order chi connectivity index (χ0) is 53.8. The lowest BCUT2D eigenvalue weighted by Gasteiger charge is -2.30. The normalized spacial score (nSPS) is 11.9. The monoisotopic (exact) mass is 1040 g/mol. The molecule has 0 N–H and O–H groups in total. The molecule has 0 spiro atoms. The van der Waals surface area contributed by atoms with E-state index in [0.29, 0.717) is 0 Å². The summed E-state index contributed by atoms with van der Waals surface area (Å²) >= 11 is 0. The van der Waals surface area contributed by atoms with Crippen LogP contribution in [0.1, 0.15) is 0 Å². The van der Waals surface area contributed by atoms with E-state index >= 15 is 0 Å². The summed E-state index contributed by atoms with van der Waals surface area (Å²) in [4.78, 5) is 4.88. The summed E-state index contributed by atoms with van der Waals surface area (Å²) in [6.45, 7) is 0. The van der Waals surface area contributed by atoms with Gasteiger partial charge >= 0.3 is 0 Å². The molecule has 0 fully saturated rings. The van der Waals surface area contributed by atoms with Crippen LogP contribution in [0.4, 0.5) is 34.1 Å². The first-order valence-electron chi connectivity index (χ1n) is 28.1. The number of furan rings is 2. The SMILES string of the molecule is c1ccc(-c2c(N(c3ccccc3)c3ccc4cc5c(cc4c3)oc3cc4oc6cc7cc(N(c8ccccc8)c8c(-c9ccccc9)c9ccccc9c9ccccc89)ccc7cc6c4cc35)c3ccccc3c3ccccc23)cc1. The Balaban J connectivity index is 0.803. The first kappa shape index (κ1) is 46.0. The lowest BCUT2D eigenvalue weighted by molar-refractivity contribution is 0.656. The van der Waals surface area contributed by atoms with Crippen molar-refractivity contribution < 1.29 is 8.83 Å². The maximum atomic E-state index is 6.84. The molecule has 4 heteroatoms. The number of rotatable bonds is 8. The summed E-state index contributed by atoms with van der Waals surface area (Å²) in [5, 5.41) is 18.4.